The molecule has 0 aromatic heterocycles. The predicted octanol–water partition coefficient (Wildman–Crippen LogP) is 1.60. The molecule has 2 N–H and O–H groups in total. The maximum Gasteiger partial charge on any atom is 0.326 e. The standard InChI is InChI=1S/C11H19NO2/c1-11(12,8-6-7-8)10(13)14-9-4-2-3-5-9/h8-9H,2-7,12H2,1H3. The molecule has 2 rings (SSSR count). The van der Waals surface area contributed by atoms with Crippen LogP contribution in [0.2, 0.25) is 0 Å². The number of esters is 1. The van der Waals surface area contributed by atoms with E-state index < -0.39 is 5.54 Å². The maximum atomic E-state index is 11.8. The van der Waals surface area contributed by atoms with Crippen molar-refractivity contribution in [1.82, 2.24) is 0 Å². The van der Waals surface area contributed by atoms with Gasteiger partial charge >= 0.3 is 5.97 Å². The number of hydrogen-bond acceptors (Lipinski definition) is 3. The highest BCUT2D eigenvalue weighted by atomic mass is 16.5. The van der Waals surface area contributed by atoms with Crippen LogP contribution in [0.5, 0.6) is 0 Å². The highest BCUT2D eigenvalue weighted by Gasteiger charge is 2.46. The summed E-state index contributed by atoms with van der Waals surface area (Å²) in [5, 5.41) is 0. The third-order valence-electron chi connectivity index (χ3n) is 3.44. The van der Waals surface area contributed by atoms with Gasteiger partial charge in [0.05, 0.1) is 0 Å². The smallest absolute Gasteiger partial charge is 0.326 e. The molecule has 2 saturated carbocycles. The van der Waals surface area contributed by atoms with Crippen molar-refractivity contribution in [2.75, 3.05) is 0 Å². The SMILES string of the molecule is CC(N)(C(=O)OC1CCCC1)C1CC1. The highest BCUT2D eigenvalue weighted by molar-refractivity contribution is 5.81. The molecule has 0 aliphatic heterocycles. The van der Waals surface area contributed by atoms with Crippen LogP contribution in [0.4, 0.5) is 0 Å². The summed E-state index contributed by atoms with van der Waals surface area (Å²) in [4.78, 5) is 11.8. The van der Waals surface area contributed by atoms with Crippen molar-refractivity contribution in [3.8, 4) is 0 Å². The zero-order valence-electron chi connectivity index (χ0n) is 8.79. The van der Waals surface area contributed by atoms with Crippen LogP contribution in [0.15, 0.2) is 0 Å². The first-order valence-corrected chi connectivity index (χ1v) is 5.60. The third kappa shape index (κ3) is 1.92. The van der Waals surface area contributed by atoms with Crippen LogP contribution >= 0.6 is 0 Å². The predicted molar refractivity (Wildman–Crippen MR) is 53.7 cm³/mol. The molecule has 0 heterocycles. The summed E-state index contributed by atoms with van der Waals surface area (Å²) in [6.45, 7) is 1.81. The van der Waals surface area contributed by atoms with Gasteiger partial charge in [0.2, 0.25) is 0 Å². The number of carbonyl (C=O) groups excluding carboxylic acids is 1. The molecular weight excluding hydrogens is 178 g/mol. The minimum atomic E-state index is -0.734. The molecule has 3 nitrogen and oxygen atoms in total. The molecule has 0 spiro atoms. The summed E-state index contributed by atoms with van der Waals surface area (Å²) in [6.07, 6.45) is 6.70. The molecule has 2 fully saturated rings. The monoisotopic (exact) mass is 197 g/mol. The fraction of sp³-hybridized carbons (Fsp3) is 0.909. The Balaban J connectivity index is 1.87. The van der Waals surface area contributed by atoms with Crippen molar-refractivity contribution < 1.29 is 9.53 Å². The van der Waals surface area contributed by atoms with E-state index >= 15 is 0 Å². The molecule has 1 atom stereocenters. The normalized spacial score (nSPS) is 27.3. The Morgan fingerprint density at radius 2 is 1.86 bits per heavy atom. The van der Waals surface area contributed by atoms with Crippen molar-refractivity contribution in [2.45, 2.75) is 57.1 Å². The van der Waals surface area contributed by atoms with Crippen LogP contribution in [0.1, 0.15) is 45.4 Å². The van der Waals surface area contributed by atoms with Gasteiger partial charge in [-0.1, -0.05) is 0 Å². The van der Waals surface area contributed by atoms with Gasteiger partial charge in [0.15, 0.2) is 0 Å². The Kier molecular flexibility index (Phi) is 2.52. The molecule has 2 aliphatic rings. The van der Waals surface area contributed by atoms with E-state index in [-0.39, 0.29) is 12.1 Å². The Labute approximate surface area is 85.0 Å². The van der Waals surface area contributed by atoms with Gasteiger partial charge in [-0.05, 0) is 51.4 Å². The molecule has 0 bridgehead atoms. The van der Waals surface area contributed by atoms with Gasteiger partial charge in [-0.3, -0.25) is 4.79 Å². The van der Waals surface area contributed by atoms with Crippen LogP contribution in [0.3, 0.4) is 0 Å². The van der Waals surface area contributed by atoms with Crippen molar-refractivity contribution in [3.05, 3.63) is 0 Å². The first kappa shape index (κ1) is 9.97. The minimum Gasteiger partial charge on any atom is -0.461 e. The first-order valence-electron chi connectivity index (χ1n) is 5.60. The number of hydrogen-bond donors (Lipinski definition) is 1. The molecular formula is C11H19NO2. The van der Waals surface area contributed by atoms with E-state index in [0.29, 0.717) is 5.92 Å². The lowest BCUT2D eigenvalue weighted by atomic mass is 9.98. The number of rotatable bonds is 3. The summed E-state index contributed by atoms with van der Waals surface area (Å²) in [5.74, 6) is 0.170. The zero-order chi connectivity index (χ0) is 10.2. The second-order valence-electron chi connectivity index (χ2n) is 4.87. The number of ether oxygens (including phenoxy) is 1. The van der Waals surface area contributed by atoms with Crippen LogP contribution in [-0.4, -0.2) is 17.6 Å². The van der Waals surface area contributed by atoms with Crippen LogP contribution < -0.4 is 5.73 Å². The molecule has 14 heavy (non-hydrogen) atoms. The van der Waals surface area contributed by atoms with Gasteiger partial charge in [-0.25, -0.2) is 0 Å². The van der Waals surface area contributed by atoms with E-state index in [2.05, 4.69) is 0 Å². The lowest BCUT2D eigenvalue weighted by Gasteiger charge is -2.24. The van der Waals surface area contributed by atoms with Crippen molar-refractivity contribution in [3.63, 3.8) is 0 Å². The molecule has 0 aromatic rings. The molecule has 80 valence electrons. The number of carbonyl (C=O) groups is 1. The van der Waals surface area contributed by atoms with Crippen LogP contribution in [0, 0.1) is 5.92 Å². The van der Waals surface area contributed by atoms with Crippen molar-refractivity contribution in [1.29, 1.82) is 0 Å². The zero-order valence-corrected chi connectivity index (χ0v) is 8.79. The van der Waals surface area contributed by atoms with E-state index in [4.69, 9.17) is 10.5 Å². The lowest BCUT2D eigenvalue weighted by Crippen LogP contribution is -2.49. The Bertz CT molecular complexity index is 227. The van der Waals surface area contributed by atoms with Gasteiger partial charge in [0.1, 0.15) is 11.6 Å². The summed E-state index contributed by atoms with van der Waals surface area (Å²) < 4.78 is 5.41. The summed E-state index contributed by atoms with van der Waals surface area (Å²) in [5.41, 5.74) is 5.24. The van der Waals surface area contributed by atoms with E-state index in [9.17, 15) is 4.79 Å². The maximum absolute atomic E-state index is 11.8. The minimum absolute atomic E-state index is 0.143. The molecule has 0 radical (unpaired) electrons. The van der Waals surface area contributed by atoms with E-state index in [1.807, 2.05) is 6.92 Å². The van der Waals surface area contributed by atoms with Crippen LogP contribution in [0.25, 0.3) is 0 Å². The third-order valence-corrected chi connectivity index (χ3v) is 3.44. The lowest BCUT2D eigenvalue weighted by molar-refractivity contribution is -0.155. The second kappa shape index (κ2) is 3.54. The molecule has 0 aromatic carbocycles. The van der Waals surface area contributed by atoms with Gasteiger partial charge < -0.3 is 10.5 Å². The Morgan fingerprint density at radius 1 is 1.29 bits per heavy atom. The van der Waals surface area contributed by atoms with E-state index in [0.717, 1.165) is 25.7 Å². The fourth-order valence-electron chi connectivity index (χ4n) is 2.13. The Morgan fingerprint density at radius 3 is 2.36 bits per heavy atom. The second-order valence-corrected chi connectivity index (χ2v) is 4.87. The van der Waals surface area contributed by atoms with Gasteiger partial charge in [0.25, 0.3) is 0 Å². The summed E-state index contributed by atoms with van der Waals surface area (Å²) in [7, 11) is 0. The average Bonchev–Trinajstić information content (AvgIpc) is 2.88. The topological polar surface area (TPSA) is 52.3 Å². The van der Waals surface area contributed by atoms with E-state index in [1.54, 1.807) is 0 Å². The average molecular weight is 197 g/mol. The van der Waals surface area contributed by atoms with Gasteiger partial charge in [0, 0.05) is 0 Å². The Hall–Kier alpha value is -0.570. The first-order chi connectivity index (χ1) is 6.60. The number of nitrogens with two attached hydrogens (primary N) is 1. The molecule has 0 amide bonds. The van der Waals surface area contributed by atoms with Crippen molar-refractivity contribution >= 4 is 5.97 Å². The highest BCUT2D eigenvalue weighted by Crippen LogP contribution is 2.39. The summed E-state index contributed by atoms with van der Waals surface area (Å²) >= 11 is 0. The summed E-state index contributed by atoms with van der Waals surface area (Å²) in [6, 6.07) is 0. The molecule has 0 saturated heterocycles. The molecule has 2 aliphatic carbocycles. The molecule has 3 heteroatoms. The van der Waals surface area contributed by atoms with Crippen molar-refractivity contribution in [2.24, 2.45) is 11.7 Å². The van der Waals surface area contributed by atoms with Gasteiger partial charge in [-0.2, -0.15) is 0 Å². The largest absolute Gasteiger partial charge is 0.461 e. The quantitative estimate of drug-likeness (QED) is 0.699. The molecule has 1 unspecified atom stereocenters. The van der Waals surface area contributed by atoms with Crippen LogP contribution in [-0.2, 0) is 9.53 Å². The van der Waals surface area contributed by atoms with E-state index in [1.165, 1.54) is 12.8 Å². The van der Waals surface area contributed by atoms with Gasteiger partial charge in [-0.15, -0.1) is 0 Å². The fourth-order valence-corrected chi connectivity index (χ4v) is 2.13.